The van der Waals surface area contributed by atoms with E-state index in [1.165, 1.54) is 23.4 Å². The number of fused-ring (bicyclic) bond motifs is 1. The third-order valence-electron chi connectivity index (χ3n) is 5.42. The molecule has 2 aliphatic carbocycles. The predicted molar refractivity (Wildman–Crippen MR) is 88.6 cm³/mol. The molecule has 0 N–H and O–H groups in total. The highest BCUT2D eigenvalue weighted by Crippen LogP contribution is 2.31. The summed E-state index contributed by atoms with van der Waals surface area (Å²) in [6.07, 6.45) is 6.10. The molecule has 0 atom stereocenters. The molecule has 6 nitrogen and oxygen atoms in total. The van der Waals surface area contributed by atoms with E-state index in [0.717, 1.165) is 51.7 Å². The Morgan fingerprint density at radius 3 is 2.70 bits per heavy atom. The Hall–Kier alpha value is -0.920. The smallest absolute Gasteiger partial charge is 0.217 e. The van der Waals surface area contributed by atoms with Crippen molar-refractivity contribution in [3.8, 4) is 0 Å². The van der Waals surface area contributed by atoms with E-state index in [4.69, 9.17) is 0 Å². The monoisotopic (exact) mass is 338 g/mol. The number of aromatic nitrogens is 2. The maximum Gasteiger partial charge on any atom is 0.217 e. The minimum atomic E-state index is -3.03. The highest BCUT2D eigenvalue weighted by atomic mass is 32.2. The molecule has 1 saturated heterocycles. The molecule has 1 aromatic rings. The van der Waals surface area contributed by atoms with Gasteiger partial charge in [-0.1, -0.05) is 0 Å². The van der Waals surface area contributed by atoms with Crippen LogP contribution in [0.1, 0.15) is 42.6 Å². The molecule has 1 aromatic heterocycles. The van der Waals surface area contributed by atoms with Crippen molar-refractivity contribution < 1.29 is 8.42 Å². The van der Waals surface area contributed by atoms with Gasteiger partial charge in [-0.15, -0.1) is 0 Å². The van der Waals surface area contributed by atoms with Crippen LogP contribution in [0, 0.1) is 0 Å². The lowest BCUT2D eigenvalue weighted by Crippen LogP contribution is -2.37. The molecule has 0 bridgehead atoms. The second kappa shape index (κ2) is 5.86. The van der Waals surface area contributed by atoms with Crippen LogP contribution >= 0.6 is 0 Å². The Morgan fingerprint density at radius 2 is 1.91 bits per heavy atom. The van der Waals surface area contributed by atoms with Crippen LogP contribution in [0.2, 0.25) is 0 Å². The summed E-state index contributed by atoms with van der Waals surface area (Å²) >= 11 is 0. The SMILES string of the molecule is Cn1nc2c(c1CN1CCCN(S(=O)(=O)C3CC3)CC1)CCC2. The van der Waals surface area contributed by atoms with E-state index < -0.39 is 10.0 Å². The van der Waals surface area contributed by atoms with Crippen molar-refractivity contribution >= 4 is 10.0 Å². The van der Waals surface area contributed by atoms with Crippen molar-refractivity contribution in [3.05, 3.63) is 17.0 Å². The van der Waals surface area contributed by atoms with Crippen LogP contribution in [0.25, 0.3) is 0 Å². The minimum Gasteiger partial charge on any atom is -0.296 e. The van der Waals surface area contributed by atoms with Crippen molar-refractivity contribution in [1.29, 1.82) is 0 Å². The molecule has 0 amide bonds. The number of aryl methyl sites for hydroxylation is 2. The van der Waals surface area contributed by atoms with E-state index in [1.54, 1.807) is 4.31 Å². The molecule has 23 heavy (non-hydrogen) atoms. The summed E-state index contributed by atoms with van der Waals surface area (Å²) in [7, 11) is -0.989. The van der Waals surface area contributed by atoms with Gasteiger partial charge in [0, 0.05) is 33.2 Å². The molecule has 2 heterocycles. The summed E-state index contributed by atoms with van der Waals surface area (Å²) in [5.41, 5.74) is 4.05. The van der Waals surface area contributed by atoms with Gasteiger partial charge in [-0.25, -0.2) is 12.7 Å². The summed E-state index contributed by atoms with van der Waals surface area (Å²) in [4.78, 5) is 2.40. The van der Waals surface area contributed by atoms with Crippen molar-refractivity contribution in [2.24, 2.45) is 7.05 Å². The summed E-state index contributed by atoms with van der Waals surface area (Å²) in [6, 6.07) is 0. The first-order valence-electron chi connectivity index (χ1n) is 8.80. The summed E-state index contributed by atoms with van der Waals surface area (Å²) in [5.74, 6) is 0. The van der Waals surface area contributed by atoms with Gasteiger partial charge in [0.2, 0.25) is 10.0 Å². The third-order valence-corrected chi connectivity index (χ3v) is 7.82. The fourth-order valence-corrected chi connectivity index (χ4v) is 5.80. The second-order valence-electron chi connectivity index (χ2n) is 7.12. The largest absolute Gasteiger partial charge is 0.296 e. The second-order valence-corrected chi connectivity index (χ2v) is 9.34. The van der Waals surface area contributed by atoms with E-state index in [1.807, 2.05) is 11.7 Å². The maximum atomic E-state index is 12.4. The number of rotatable bonds is 4. The lowest BCUT2D eigenvalue weighted by Gasteiger charge is -2.22. The molecule has 0 radical (unpaired) electrons. The molecular weight excluding hydrogens is 312 g/mol. The van der Waals surface area contributed by atoms with Crippen molar-refractivity contribution in [2.45, 2.75) is 50.3 Å². The zero-order chi connectivity index (χ0) is 16.0. The van der Waals surface area contributed by atoms with Gasteiger partial charge in [0.05, 0.1) is 16.6 Å². The van der Waals surface area contributed by atoms with Crippen molar-refractivity contribution in [3.63, 3.8) is 0 Å². The predicted octanol–water partition coefficient (Wildman–Crippen LogP) is 0.909. The fourth-order valence-electron chi connectivity index (χ4n) is 3.93. The Kier molecular flexibility index (Phi) is 3.98. The molecule has 0 spiro atoms. The van der Waals surface area contributed by atoms with E-state index in [9.17, 15) is 8.42 Å². The molecule has 1 saturated carbocycles. The molecule has 0 aromatic carbocycles. The lowest BCUT2D eigenvalue weighted by molar-refractivity contribution is 0.270. The van der Waals surface area contributed by atoms with Gasteiger partial charge in [0.1, 0.15) is 0 Å². The first kappa shape index (κ1) is 15.6. The van der Waals surface area contributed by atoms with E-state index >= 15 is 0 Å². The summed E-state index contributed by atoms with van der Waals surface area (Å²) in [6.45, 7) is 4.01. The standard InChI is InChI=1S/C16H26N4O2S/c1-18-16(14-4-2-5-15(14)17-18)12-19-8-3-9-20(11-10-19)23(21,22)13-6-7-13/h13H,2-12H2,1H3. The molecule has 7 heteroatoms. The lowest BCUT2D eigenvalue weighted by atomic mass is 10.2. The van der Waals surface area contributed by atoms with Gasteiger partial charge in [0.15, 0.2) is 0 Å². The van der Waals surface area contributed by atoms with E-state index in [-0.39, 0.29) is 5.25 Å². The molecule has 128 valence electrons. The fraction of sp³-hybridized carbons (Fsp3) is 0.812. The Bertz CT molecular complexity index is 693. The van der Waals surface area contributed by atoms with Gasteiger partial charge < -0.3 is 0 Å². The maximum absolute atomic E-state index is 12.4. The van der Waals surface area contributed by atoms with Crippen LogP contribution in [0.15, 0.2) is 0 Å². The van der Waals surface area contributed by atoms with Gasteiger partial charge in [-0.2, -0.15) is 5.10 Å². The first-order valence-corrected chi connectivity index (χ1v) is 10.3. The van der Waals surface area contributed by atoms with Gasteiger partial charge in [-0.3, -0.25) is 9.58 Å². The average Bonchev–Trinajstić information content (AvgIpc) is 3.26. The zero-order valence-corrected chi connectivity index (χ0v) is 14.7. The van der Waals surface area contributed by atoms with E-state index in [0.29, 0.717) is 13.1 Å². The summed E-state index contributed by atoms with van der Waals surface area (Å²) in [5, 5.41) is 4.56. The number of hydrogen-bond acceptors (Lipinski definition) is 4. The number of hydrogen-bond donors (Lipinski definition) is 0. The Labute approximate surface area is 138 Å². The van der Waals surface area contributed by atoms with Crippen LogP contribution in [-0.2, 0) is 36.5 Å². The van der Waals surface area contributed by atoms with Crippen LogP contribution in [0.3, 0.4) is 0 Å². The van der Waals surface area contributed by atoms with Crippen LogP contribution in [0.4, 0.5) is 0 Å². The Morgan fingerprint density at radius 1 is 1.09 bits per heavy atom. The number of nitrogens with zero attached hydrogens (tertiary/aromatic N) is 4. The van der Waals surface area contributed by atoms with Gasteiger partial charge >= 0.3 is 0 Å². The van der Waals surface area contributed by atoms with Crippen LogP contribution in [-0.4, -0.2) is 58.8 Å². The molecular formula is C16H26N4O2S. The minimum absolute atomic E-state index is 0.0885. The van der Waals surface area contributed by atoms with E-state index in [2.05, 4.69) is 10.00 Å². The third kappa shape index (κ3) is 2.94. The van der Waals surface area contributed by atoms with Crippen LogP contribution < -0.4 is 0 Å². The van der Waals surface area contributed by atoms with Gasteiger partial charge in [-0.05, 0) is 50.6 Å². The highest BCUT2D eigenvalue weighted by molar-refractivity contribution is 7.90. The van der Waals surface area contributed by atoms with Crippen LogP contribution in [0.5, 0.6) is 0 Å². The molecule has 0 unspecified atom stereocenters. The first-order chi connectivity index (χ1) is 11.1. The quantitative estimate of drug-likeness (QED) is 0.819. The molecule has 4 rings (SSSR count). The average molecular weight is 338 g/mol. The molecule has 1 aliphatic heterocycles. The zero-order valence-electron chi connectivity index (χ0n) is 13.9. The molecule has 3 aliphatic rings. The van der Waals surface area contributed by atoms with Crippen molar-refractivity contribution in [2.75, 3.05) is 26.2 Å². The Balaban J connectivity index is 1.43. The highest BCUT2D eigenvalue weighted by Gasteiger charge is 2.40. The number of sulfonamides is 1. The van der Waals surface area contributed by atoms with Crippen molar-refractivity contribution in [1.82, 2.24) is 19.0 Å². The molecule has 2 fully saturated rings. The summed E-state index contributed by atoms with van der Waals surface area (Å²) < 4.78 is 28.6. The van der Waals surface area contributed by atoms with Gasteiger partial charge in [0.25, 0.3) is 0 Å². The normalized spacial score (nSPS) is 23.9. The topological polar surface area (TPSA) is 58.4 Å².